The highest BCUT2D eigenvalue weighted by Gasteiger charge is 2.27. The van der Waals surface area contributed by atoms with Gasteiger partial charge in [0, 0.05) is 11.6 Å². The summed E-state index contributed by atoms with van der Waals surface area (Å²) in [5.41, 5.74) is -1.08. The van der Waals surface area contributed by atoms with Gasteiger partial charge in [0.05, 0.1) is 26.0 Å². The summed E-state index contributed by atoms with van der Waals surface area (Å²) in [4.78, 5) is 33.4. The quantitative estimate of drug-likeness (QED) is 0.436. The second kappa shape index (κ2) is 7.86. The van der Waals surface area contributed by atoms with E-state index in [9.17, 15) is 25.0 Å². The summed E-state index contributed by atoms with van der Waals surface area (Å²) in [5.74, 6) is -0.662. The molecule has 1 heterocycles. The van der Waals surface area contributed by atoms with E-state index in [0.717, 1.165) is 18.2 Å². The predicted molar refractivity (Wildman–Crippen MR) is 104 cm³/mol. The lowest BCUT2D eigenvalue weighted by Crippen LogP contribution is -2.15. The molecule has 29 heavy (non-hydrogen) atoms. The molecule has 3 aromatic rings. The Hall–Kier alpha value is -3.50. The van der Waals surface area contributed by atoms with E-state index in [0.29, 0.717) is 0 Å². The summed E-state index contributed by atoms with van der Waals surface area (Å²) < 4.78 is 5.10. The van der Waals surface area contributed by atoms with Gasteiger partial charge < -0.3 is 9.84 Å². The van der Waals surface area contributed by atoms with Gasteiger partial charge in [-0.2, -0.15) is 0 Å². The lowest BCUT2D eigenvalue weighted by Gasteiger charge is -2.08. The highest BCUT2D eigenvalue weighted by Crippen LogP contribution is 2.37. The van der Waals surface area contributed by atoms with Crippen LogP contribution in [-0.4, -0.2) is 20.9 Å². The molecule has 0 saturated carbocycles. The fraction of sp³-hybridized carbons (Fsp3) is 0.0588. The van der Waals surface area contributed by atoms with Gasteiger partial charge in [0.2, 0.25) is 0 Å². The summed E-state index contributed by atoms with van der Waals surface area (Å²) >= 11 is 12.3. The summed E-state index contributed by atoms with van der Waals surface area (Å²) in [5, 5.41) is 28.8. The second-order valence-electron chi connectivity index (χ2n) is 5.73. The smallest absolute Gasteiger partial charge is 0.299 e. The Labute approximate surface area is 172 Å². The molecular weight excluding hydrogens is 427 g/mol. The zero-order chi connectivity index (χ0) is 21.3. The third kappa shape index (κ3) is 3.89. The lowest BCUT2D eigenvalue weighted by molar-refractivity contribution is -0.393. The van der Waals surface area contributed by atoms with Gasteiger partial charge in [0.25, 0.3) is 17.3 Å². The molecule has 0 atom stereocenters. The number of aromatic nitrogens is 1. The maximum Gasteiger partial charge on any atom is 0.299 e. The maximum absolute atomic E-state index is 12.9. The van der Waals surface area contributed by atoms with Crippen LogP contribution in [0.4, 0.5) is 17.1 Å². The number of carbonyl (C=O) groups is 1. The minimum absolute atomic E-state index is 0.0346. The molecule has 12 heteroatoms. The number of nitro benzene ring substituents is 2. The van der Waals surface area contributed by atoms with Gasteiger partial charge >= 0.3 is 0 Å². The van der Waals surface area contributed by atoms with Crippen LogP contribution in [0.2, 0.25) is 10.0 Å². The second-order valence-corrected chi connectivity index (χ2v) is 6.54. The van der Waals surface area contributed by atoms with E-state index in [4.69, 9.17) is 27.7 Å². The molecule has 1 N–H and O–H groups in total. The van der Waals surface area contributed by atoms with Crippen LogP contribution in [0.15, 0.2) is 40.9 Å². The molecule has 0 aliphatic carbocycles. The number of carbonyl (C=O) groups excluding carboxylic acids is 1. The standard InChI is InChI=1S/C17H10Cl2N4O6/c1-8-14(16(21-29-8)15-10(18)3-2-4-11(15)19)17(24)20-12-6-5-9(22(25)26)7-13(12)23(27)28/h2-7H,1H3,(H,20,24). The lowest BCUT2D eigenvalue weighted by atomic mass is 10.1. The average Bonchev–Trinajstić information content (AvgIpc) is 3.02. The van der Waals surface area contributed by atoms with Gasteiger partial charge in [-0.3, -0.25) is 25.0 Å². The molecule has 1 aromatic heterocycles. The first-order chi connectivity index (χ1) is 13.7. The summed E-state index contributed by atoms with van der Waals surface area (Å²) in [6, 6.07) is 7.57. The number of halogens is 2. The van der Waals surface area contributed by atoms with Crippen molar-refractivity contribution in [2.24, 2.45) is 0 Å². The number of nitrogens with zero attached hydrogens (tertiary/aromatic N) is 3. The van der Waals surface area contributed by atoms with E-state index < -0.39 is 27.1 Å². The van der Waals surface area contributed by atoms with Gasteiger partial charge in [-0.05, 0) is 25.1 Å². The minimum atomic E-state index is -0.838. The maximum atomic E-state index is 12.9. The summed E-state index contributed by atoms with van der Waals surface area (Å²) in [6.45, 7) is 1.47. The van der Waals surface area contributed by atoms with Crippen LogP contribution in [0.5, 0.6) is 0 Å². The molecule has 0 bridgehead atoms. The van der Waals surface area contributed by atoms with Crippen molar-refractivity contribution in [1.82, 2.24) is 5.16 Å². The van der Waals surface area contributed by atoms with Crippen molar-refractivity contribution < 1.29 is 19.2 Å². The Balaban J connectivity index is 2.05. The Kier molecular flexibility index (Phi) is 5.48. The molecule has 2 aromatic carbocycles. The molecule has 10 nitrogen and oxygen atoms in total. The SMILES string of the molecule is Cc1onc(-c2c(Cl)cccc2Cl)c1C(=O)Nc1ccc([N+](=O)[O-])cc1[N+](=O)[O-]. The normalized spacial score (nSPS) is 10.6. The third-order valence-corrected chi connectivity index (χ3v) is 4.56. The van der Waals surface area contributed by atoms with Crippen LogP contribution >= 0.6 is 23.2 Å². The van der Waals surface area contributed by atoms with Crippen molar-refractivity contribution in [3.63, 3.8) is 0 Å². The van der Waals surface area contributed by atoms with E-state index in [1.807, 2.05) is 0 Å². The van der Waals surface area contributed by atoms with Crippen LogP contribution in [0, 0.1) is 27.2 Å². The summed E-state index contributed by atoms with van der Waals surface area (Å²) in [7, 11) is 0. The molecule has 1 amide bonds. The monoisotopic (exact) mass is 436 g/mol. The first-order valence-electron chi connectivity index (χ1n) is 7.85. The zero-order valence-electron chi connectivity index (χ0n) is 14.5. The number of amides is 1. The van der Waals surface area contributed by atoms with Crippen LogP contribution < -0.4 is 5.32 Å². The van der Waals surface area contributed by atoms with Crippen molar-refractivity contribution >= 4 is 46.2 Å². The Morgan fingerprint density at radius 3 is 2.34 bits per heavy atom. The molecule has 0 aliphatic rings. The molecule has 148 valence electrons. The molecule has 0 aliphatic heterocycles. The number of nitrogens with one attached hydrogen (secondary N) is 1. The zero-order valence-corrected chi connectivity index (χ0v) is 16.0. The highest BCUT2D eigenvalue weighted by molar-refractivity contribution is 6.39. The fourth-order valence-electron chi connectivity index (χ4n) is 2.61. The molecule has 0 unspecified atom stereocenters. The molecule has 3 rings (SSSR count). The number of hydrogen-bond donors (Lipinski definition) is 1. The molecule has 0 spiro atoms. The predicted octanol–water partition coefficient (Wildman–Crippen LogP) is 5.03. The van der Waals surface area contributed by atoms with Crippen molar-refractivity contribution in [3.05, 3.63) is 78.0 Å². The molecule has 0 saturated heterocycles. The van der Waals surface area contributed by atoms with E-state index >= 15 is 0 Å². The number of non-ortho nitro benzene ring substituents is 1. The first-order valence-corrected chi connectivity index (χ1v) is 8.61. The molecule has 0 radical (unpaired) electrons. The Bertz CT molecular complexity index is 1140. The van der Waals surface area contributed by atoms with Gasteiger partial charge in [0.1, 0.15) is 22.7 Å². The van der Waals surface area contributed by atoms with Crippen LogP contribution in [0.25, 0.3) is 11.3 Å². The fourth-order valence-corrected chi connectivity index (χ4v) is 3.19. The van der Waals surface area contributed by atoms with E-state index in [2.05, 4.69) is 10.5 Å². The van der Waals surface area contributed by atoms with E-state index in [1.165, 1.54) is 6.92 Å². The van der Waals surface area contributed by atoms with Crippen molar-refractivity contribution in [2.75, 3.05) is 5.32 Å². The number of benzene rings is 2. The van der Waals surface area contributed by atoms with E-state index in [1.54, 1.807) is 18.2 Å². The van der Waals surface area contributed by atoms with Crippen molar-refractivity contribution in [2.45, 2.75) is 6.92 Å². The van der Waals surface area contributed by atoms with Crippen LogP contribution in [0.3, 0.4) is 0 Å². The largest absolute Gasteiger partial charge is 0.360 e. The van der Waals surface area contributed by atoms with Gasteiger partial charge in [-0.15, -0.1) is 0 Å². The van der Waals surface area contributed by atoms with Crippen molar-refractivity contribution in [3.8, 4) is 11.3 Å². The number of anilines is 1. The minimum Gasteiger partial charge on any atom is -0.360 e. The van der Waals surface area contributed by atoms with Crippen LogP contribution in [0.1, 0.15) is 16.1 Å². The summed E-state index contributed by atoms with van der Waals surface area (Å²) in [6.07, 6.45) is 0. The average molecular weight is 437 g/mol. The number of nitro groups is 2. The molecular formula is C17H10Cl2N4O6. The van der Waals surface area contributed by atoms with Gasteiger partial charge in [0.15, 0.2) is 0 Å². The first kappa shape index (κ1) is 20.2. The third-order valence-electron chi connectivity index (χ3n) is 3.93. The number of aryl methyl sites for hydroxylation is 1. The van der Waals surface area contributed by atoms with Gasteiger partial charge in [-0.1, -0.05) is 34.4 Å². The van der Waals surface area contributed by atoms with E-state index in [-0.39, 0.29) is 38.3 Å². The number of hydrogen-bond acceptors (Lipinski definition) is 7. The highest BCUT2D eigenvalue weighted by atomic mass is 35.5. The Morgan fingerprint density at radius 2 is 1.76 bits per heavy atom. The van der Waals surface area contributed by atoms with Crippen molar-refractivity contribution in [1.29, 1.82) is 0 Å². The van der Waals surface area contributed by atoms with Crippen LogP contribution in [-0.2, 0) is 0 Å². The Morgan fingerprint density at radius 1 is 1.10 bits per heavy atom. The topological polar surface area (TPSA) is 141 Å². The van der Waals surface area contributed by atoms with Gasteiger partial charge in [-0.25, -0.2) is 0 Å². The number of rotatable bonds is 5. The molecule has 0 fully saturated rings.